The molecule has 0 saturated carbocycles. The first kappa shape index (κ1) is 53.8. The van der Waals surface area contributed by atoms with Crippen molar-refractivity contribution in [1.82, 2.24) is 0 Å². The van der Waals surface area contributed by atoms with Crippen LogP contribution in [0.25, 0.3) is 0 Å². The monoisotopic (exact) mass is 754 g/mol. The van der Waals surface area contributed by atoms with E-state index in [0.717, 1.165) is 25.7 Å². The largest absolute Gasteiger partial charge is 2.00 e. The zero-order valence-corrected chi connectivity index (χ0v) is 34.7. The molecule has 0 N–H and O–H groups in total. The molecule has 0 rings (SSSR count). The second-order valence-electron chi connectivity index (χ2n) is 12.9. The predicted octanol–water partition coefficient (Wildman–Crippen LogP) is 9.54. The molecule has 0 aliphatic carbocycles. The summed E-state index contributed by atoms with van der Waals surface area (Å²) in [5.74, 6) is 0. The third kappa shape index (κ3) is 58.0. The van der Waals surface area contributed by atoms with Crippen LogP contribution in [0.4, 0.5) is 0 Å². The Balaban J connectivity index is -0.000000846. The third-order valence-corrected chi connectivity index (χ3v) is 9.11. The van der Waals surface area contributed by atoms with E-state index in [1.54, 1.807) is 0 Å². The summed E-state index contributed by atoms with van der Waals surface area (Å²) in [5.41, 5.74) is 0. The molecule has 0 saturated heterocycles. The number of unbranched alkanes of at least 4 members (excludes halogenated alkanes) is 26. The van der Waals surface area contributed by atoms with Crippen molar-refractivity contribution in [3.63, 3.8) is 0 Å². The zero-order valence-electron chi connectivity index (χ0n) is 31.6. The van der Waals surface area contributed by atoms with Crippen LogP contribution in [-0.4, -0.2) is 88.6 Å². The first-order valence-electron chi connectivity index (χ1n) is 19.5. The van der Waals surface area contributed by atoms with Crippen LogP contribution in [0.5, 0.6) is 0 Å². The van der Waals surface area contributed by atoms with E-state index in [0.29, 0.717) is 13.2 Å². The first-order valence-corrected chi connectivity index (χ1v) is 22.1. The van der Waals surface area contributed by atoms with E-state index >= 15 is 0 Å². The normalized spacial score (nSPS) is 11.7. The Morgan fingerprint density at radius 3 is 0.735 bits per heavy atom. The first-order chi connectivity index (χ1) is 23.1. The molecule has 13 heteroatoms. The Kier molecular flexibility index (Phi) is 47.0. The molecule has 0 aromatic rings. The van der Waals surface area contributed by atoms with E-state index in [1.807, 2.05) is 0 Å². The maximum absolute atomic E-state index is 10.2. The molecular formula is C36H74MgO10S2. The maximum Gasteiger partial charge on any atom is 2.00 e. The molecule has 292 valence electrons. The van der Waals surface area contributed by atoms with Crippen molar-refractivity contribution in [3.8, 4) is 0 Å². The van der Waals surface area contributed by atoms with Crippen molar-refractivity contribution in [2.24, 2.45) is 0 Å². The van der Waals surface area contributed by atoms with Gasteiger partial charge in [0.25, 0.3) is 0 Å². The Morgan fingerprint density at radius 1 is 0.327 bits per heavy atom. The van der Waals surface area contributed by atoms with E-state index in [9.17, 15) is 25.9 Å². The average molecular weight is 755 g/mol. The van der Waals surface area contributed by atoms with Crippen LogP contribution >= 0.6 is 0 Å². The van der Waals surface area contributed by atoms with Crippen molar-refractivity contribution in [3.05, 3.63) is 0 Å². The smallest absolute Gasteiger partial charge is 0.726 e. The molecule has 0 aliphatic rings. The van der Waals surface area contributed by atoms with Gasteiger partial charge in [-0.05, 0) is 12.8 Å². The van der Waals surface area contributed by atoms with Gasteiger partial charge in [0.15, 0.2) is 0 Å². The van der Waals surface area contributed by atoms with Gasteiger partial charge >= 0.3 is 23.1 Å². The fourth-order valence-corrected chi connectivity index (χ4v) is 5.94. The molecule has 0 aromatic carbocycles. The predicted molar refractivity (Wildman–Crippen MR) is 199 cm³/mol. The number of hydrogen-bond acceptors (Lipinski definition) is 10. The van der Waals surface area contributed by atoms with Gasteiger partial charge in [-0.15, -0.1) is 0 Å². The molecule has 0 atom stereocenters. The molecule has 0 amide bonds. The summed E-state index contributed by atoms with van der Waals surface area (Å²) < 4.78 is 79.5. The van der Waals surface area contributed by atoms with Crippen LogP contribution < -0.4 is 0 Å². The van der Waals surface area contributed by atoms with Gasteiger partial charge in [0.1, 0.15) is 0 Å². The molecule has 49 heavy (non-hydrogen) atoms. The van der Waals surface area contributed by atoms with Gasteiger partial charge in [-0.1, -0.05) is 181 Å². The molecule has 0 spiro atoms. The fourth-order valence-electron chi connectivity index (χ4n) is 5.39. The van der Waals surface area contributed by atoms with Gasteiger partial charge in [0.05, 0.1) is 26.4 Å². The SMILES string of the molecule is CCCCCCCCCCCCCCCCOCCOS(=O)(=O)[O-].CCCCCCCCCCCCCCCCOCCOS(=O)(=O)[O-].[Mg+2]. The van der Waals surface area contributed by atoms with E-state index in [2.05, 4.69) is 22.2 Å². The van der Waals surface area contributed by atoms with Crippen molar-refractivity contribution in [2.75, 3.05) is 39.6 Å². The molecule has 0 unspecified atom stereocenters. The second kappa shape index (κ2) is 42.8. The van der Waals surface area contributed by atoms with Crippen molar-refractivity contribution in [2.45, 2.75) is 194 Å². The Morgan fingerprint density at radius 2 is 0.531 bits per heavy atom. The standard InChI is InChI=1S/2C18H38O5S.Mg/c2*1-2-3-4-5-6-7-8-9-10-11-12-13-14-15-16-22-17-18-23-24(19,20)21;/h2*2-18H2,1H3,(H,19,20,21);/q;;+2/p-2. The van der Waals surface area contributed by atoms with Crippen LogP contribution in [0.2, 0.25) is 0 Å². The van der Waals surface area contributed by atoms with E-state index < -0.39 is 20.8 Å². The molecule has 0 radical (unpaired) electrons. The van der Waals surface area contributed by atoms with Crippen molar-refractivity contribution in [1.29, 1.82) is 0 Å². The fraction of sp³-hybridized carbons (Fsp3) is 1.00. The molecular weight excluding hydrogens is 681 g/mol. The van der Waals surface area contributed by atoms with E-state index in [-0.39, 0.29) is 49.5 Å². The molecule has 10 nitrogen and oxygen atoms in total. The minimum Gasteiger partial charge on any atom is -0.726 e. The summed E-state index contributed by atoms with van der Waals surface area (Å²) in [6, 6.07) is 0. The van der Waals surface area contributed by atoms with Gasteiger partial charge in [0.2, 0.25) is 20.8 Å². The summed E-state index contributed by atoms with van der Waals surface area (Å²) in [6.07, 6.45) is 36.8. The number of rotatable bonds is 38. The van der Waals surface area contributed by atoms with Gasteiger partial charge in [-0.2, -0.15) is 0 Å². The third-order valence-electron chi connectivity index (χ3n) is 8.20. The van der Waals surface area contributed by atoms with Crippen LogP contribution in [0.1, 0.15) is 194 Å². The van der Waals surface area contributed by atoms with Gasteiger partial charge < -0.3 is 18.6 Å². The van der Waals surface area contributed by atoms with Gasteiger partial charge in [-0.25, -0.2) is 16.8 Å². The quantitative estimate of drug-likeness (QED) is 0.0258. The maximum atomic E-state index is 10.2. The summed E-state index contributed by atoms with van der Waals surface area (Å²) in [4.78, 5) is 0. The zero-order chi connectivity index (χ0) is 35.9. The van der Waals surface area contributed by atoms with Crippen LogP contribution in [0, 0.1) is 0 Å². The molecule has 0 bridgehead atoms. The summed E-state index contributed by atoms with van der Waals surface area (Å²) in [7, 11) is -9.15. The molecule has 0 fully saturated rings. The molecule has 0 heterocycles. The number of ether oxygens (including phenoxy) is 2. The minimum absolute atomic E-state index is 0. The molecule has 0 aromatic heterocycles. The number of hydrogen-bond donors (Lipinski definition) is 0. The summed E-state index contributed by atoms with van der Waals surface area (Å²) in [5, 5.41) is 0. The van der Waals surface area contributed by atoms with Crippen molar-refractivity contribution < 1.29 is 43.8 Å². The Labute approximate surface area is 319 Å². The van der Waals surface area contributed by atoms with Crippen LogP contribution in [0.15, 0.2) is 0 Å². The second-order valence-corrected chi connectivity index (χ2v) is 15.0. The van der Waals surface area contributed by atoms with Gasteiger partial charge in [-0.3, -0.25) is 8.37 Å². The topological polar surface area (TPSA) is 151 Å². The Bertz CT molecular complexity index is 762. The Hall–Kier alpha value is 0.426. The van der Waals surface area contributed by atoms with E-state index in [4.69, 9.17) is 9.47 Å². The van der Waals surface area contributed by atoms with Gasteiger partial charge in [0, 0.05) is 13.2 Å². The summed E-state index contributed by atoms with van der Waals surface area (Å²) >= 11 is 0. The van der Waals surface area contributed by atoms with Crippen molar-refractivity contribution >= 4 is 43.9 Å². The molecule has 0 aliphatic heterocycles. The summed E-state index contributed by atoms with van der Waals surface area (Å²) in [6.45, 7) is 5.64. The minimum atomic E-state index is -4.58. The van der Waals surface area contributed by atoms with E-state index in [1.165, 1.54) is 154 Å². The average Bonchev–Trinajstić information content (AvgIpc) is 3.03. The van der Waals surface area contributed by atoms with Crippen LogP contribution in [-0.2, 0) is 38.6 Å². The van der Waals surface area contributed by atoms with Crippen LogP contribution in [0.3, 0.4) is 0 Å².